The van der Waals surface area contributed by atoms with Gasteiger partial charge in [-0.3, -0.25) is 19.5 Å². The Kier molecular flexibility index (Phi) is 14.4. The van der Waals surface area contributed by atoms with Crippen LogP contribution in [0, 0.1) is 29.6 Å². The number of amides is 1. The van der Waals surface area contributed by atoms with Gasteiger partial charge in [0.2, 0.25) is 0 Å². The second kappa shape index (κ2) is 18.3. The van der Waals surface area contributed by atoms with Crippen LogP contribution in [0.25, 0.3) is 11.3 Å². The lowest BCUT2D eigenvalue weighted by Gasteiger charge is -2.50. The molecule has 1 amide bonds. The normalized spacial score (nSPS) is 40.0. The average molecular weight is 827 g/mol. The molecule has 0 radical (unpaired) electrons. The molecule has 0 bridgehead atoms. The minimum atomic E-state index is -1.39. The number of aryl methyl sites for hydroxylation is 1. The minimum Gasteiger partial charge on any atom is -0.458 e. The zero-order chi connectivity index (χ0) is 43.7. The SMILES string of the molecule is CC[C@H]1OC(=O)[C@H](C)[C@@H](O[C@H]2C[C@@](C)(OC)[C@@H](O)[C@H](C)O2)[C@H](C)[C@@H](C)[C@](C)(OC)C[C@@H](C)C(=O)[C@H](C)C2(C)N(CCCCn3cnc(-c4cccnc4)c3)C(=O)O[C@]12C. The highest BCUT2D eigenvalue weighted by Crippen LogP contribution is 2.50. The van der Waals surface area contributed by atoms with E-state index in [1.807, 2.05) is 71.4 Å². The van der Waals surface area contributed by atoms with Crippen molar-refractivity contribution in [1.82, 2.24) is 19.4 Å². The van der Waals surface area contributed by atoms with E-state index in [4.69, 9.17) is 28.4 Å². The number of aliphatic hydroxyl groups is 1. The summed E-state index contributed by atoms with van der Waals surface area (Å²) in [7, 11) is 3.20. The number of ketones is 1. The Labute approximate surface area is 351 Å². The van der Waals surface area contributed by atoms with Crippen molar-refractivity contribution in [3.8, 4) is 11.3 Å². The Bertz CT molecular complexity index is 1760. The fourth-order valence-electron chi connectivity index (χ4n) is 10.0. The van der Waals surface area contributed by atoms with Gasteiger partial charge in [-0.2, -0.15) is 0 Å². The quantitative estimate of drug-likeness (QED) is 0.186. The van der Waals surface area contributed by atoms with Crippen LogP contribution in [0.1, 0.15) is 108 Å². The molecule has 3 fully saturated rings. The van der Waals surface area contributed by atoms with Crippen molar-refractivity contribution < 1.29 is 47.9 Å². The van der Waals surface area contributed by atoms with Gasteiger partial charge in [0.15, 0.2) is 11.9 Å². The molecule has 14 heteroatoms. The van der Waals surface area contributed by atoms with Crippen LogP contribution < -0.4 is 0 Å². The molecular weight excluding hydrogens is 757 g/mol. The summed E-state index contributed by atoms with van der Waals surface area (Å²) in [4.78, 5) is 53.9. The zero-order valence-corrected chi connectivity index (χ0v) is 37.6. The number of fused-ring (bicyclic) bond motifs is 1. The largest absolute Gasteiger partial charge is 0.458 e. The van der Waals surface area contributed by atoms with Gasteiger partial charge < -0.3 is 38.1 Å². The van der Waals surface area contributed by atoms with Crippen LogP contribution in [-0.4, -0.2) is 116 Å². The third-order valence-electron chi connectivity index (χ3n) is 14.8. The van der Waals surface area contributed by atoms with Crippen LogP contribution in [0.5, 0.6) is 0 Å². The summed E-state index contributed by atoms with van der Waals surface area (Å²) >= 11 is 0. The van der Waals surface area contributed by atoms with Gasteiger partial charge in [0, 0.05) is 69.7 Å². The molecule has 1 N–H and O–H groups in total. The summed E-state index contributed by atoms with van der Waals surface area (Å²) in [5.41, 5.74) is -2.58. The van der Waals surface area contributed by atoms with E-state index in [1.54, 1.807) is 58.6 Å². The van der Waals surface area contributed by atoms with Crippen LogP contribution >= 0.6 is 0 Å². The molecule has 3 aliphatic rings. The van der Waals surface area contributed by atoms with E-state index in [0.717, 1.165) is 17.7 Å². The Morgan fingerprint density at radius 3 is 2.25 bits per heavy atom. The van der Waals surface area contributed by atoms with Crippen molar-refractivity contribution in [3.63, 3.8) is 0 Å². The van der Waals surface area contributed by atoms with Crippen molar-refractivity contribution >= 4 is 17.8 Å². The number of esters is 1. The number of methoxy groups -OCH3 is 2. The van der Waals surface area contributed by atoms with Gasteiger partial charge in [-0.25, -0.2) is 9.78 Å². The summed E-state index contributed by atoms with van der Waals surface area (Å²) < 4.78 is 39.9. The number of hydrogen-bond donors (Lipinski definition) is 1. The van der Waals surface area contributed by atoms with E-state index in [2.05, 4.69) is 16.9 Å². The van der Waals surface area contributed by atoms with Crippen molar-refractivity contribution in [2.45, 2.75) is 168 Å². The first-order chi connectivity index (χ1) is 27.7. The molecule has 14 nitrogen and oxygen atoms in total. The third-order valence-corrected chi connectivity index (χ3v) is 14.8. The standard InChI is InChI=1S/C45H70N4O10/c1-14-35-45(11)44(10,49(41(53)59-45)21-16-15-20-48-25-34(47-26-48)33-18-17-19-46-24-33)31(6)37(50)27(2)22-42(8,54-12)30(5)28(3)38(29(4)40(52)57-35)58-36-23-43(9,55-13)39(51)32(7)56-36/h17-19,24-32,35-36,38-39,51H,14-16,20-23H2,1-13H3/t27-,28-,29-,30-,31+,32+,35-,36+,38+,39+,42-,43-,44?,45-/m1/s1. The van der Waals surface area contributed by atoms with Crippen molar-refractivity contribution in [1.29, 1.82) is 0 Å². The lowest BCUT2D eigenvalue weighted by Crippen LogP contribution is -2.66. The highest BCUT2D eigenvalue weighted by molar-refractivity contribution is 5.86. The molecule has 3 aliphatic heterocycles. The van der Waals surface area contributed by atoms with Crippen molar-refractivity contribution in [2.75, 3.05) is 20.8 Å². The second-order valence-corrected chi connectivity index (χ2v) is 18.3. The van der Waals surface area contributed by atoms with Crippen LogP contribution in [0.3, 0.4) is 0 Å². The summed E-state index contributed by atoms with van der Waals surface area (Å²) in [5.74, 6) is -3.03. The van der Waals surface area contributed by atoms with Gasteiger partial charge in [-0.1, -0.05) is 34.6 Å². The number of Topliss-reactive ketones (excluding diaryl/α,β-unsaturated/α-hetero) is 1. The number of carbonyl (C=O) groups excluding carboxylic acids is 3. The Balaban J connectivity index is 1.46. The van der Waals surface area contributed by atoms with Gasteiger partial charge in [0.1, 0.15) is 18.0 Å². The van der Waals surface area contributed by atoms with Crippen LogP contribution in [0.2, 0.25) is 0 Å². The molecule has 2 aromatic heterocycles. The summed E-state index contributed by atoms with van der Waals surface area (Å²) in [6, 6.07) is 3.84. The predicted molar refractivity (Wildman–Crippen MR) is 221 cm³/mol. The van der Waals surface area contributed by atoms with E-state index in [-0.39, 0.29) is 24.0 Å². The fraction of sp³-hybridized carbons (Fsp3) is 0.756. The van der Waals surface area contributed by atoms with Gasteiger partial charge in [0.25, 0.3) is 0 Å². The number of imidazole rings is 1. The number of ether oxygens (including phenoxy) is 6. The minimum absolute atomic E-state index is 0.0343. The average Bonchev–Trinajstić information content (AvgIpc) is 3.77. The Hall–Kier alpha value is -3.43. The van der Waals surface area contributed by atoms with Crippen LogP contribution in [0.15, 0.2) is 37.1 Å². The number of pyridine rings is 1. The van der Waals surface area contributed by atoms with E-state index >= 15 is 0 Å². The first-order valence-corrected chi connectivity index (χ1v) is 21.5. The molecule has 0 aromatic carbocycles. The van der Waals surface area contributed by atoms with Gasteiger partial charge in [-0.05, 0) is 91.2 Å². The monoisotopic (exact) mass is 827 g/mol. The molecule has 330 valence electrons. The summed E-state index contributed by atoms with van der Waals surface area (Å²) in [5, 5.41) is 10.9. The molecule has 1 unspecified atom stereocenters. The number of rotatable bonds is 11. The number of unbranched alkanes of at least 4 members (excludes halogenated alkanes) is 1. The molecule has 14 atom stereocenters. The van der Waals surface area contributed by atoms with Gasteiger partial charge in [-0.15, -0.1) is 0 Å². The highest BCUT2D eigenvalue weighted by atomic mass is 16.7. The van der Waals surface area contributed by atoms with Crippen LogP contribution in [-0.2, 0) is 44.6 Å². The predicted octanol–water partition coefficient (Wildman–Crippen LogP) is 6.86. The maximum Gasteiger partial charge on any atom is 0.411 e. The topological polar surface area (TPSA) is 161 Å². The Morgan fingerprint density at radius 1 is 0.949 bits per heavy atom. The highest BCUT2D eigenvalue weighted by Gasteiger charge is 2.67. The first kappa shape index (κ1) is 46.6. The van der Waals surface area contributed by atoms with E-state index in [9.17, 15) is 19.5 Å². The third kappa shape index (κ3) is 8.85. The zero-order valence-electron chi connectivity index (χ0n) is 37.6. The smallest absolute Gasteiger partial charge is 0.411 e. The summed E-state index contributed by atoms with van der Waals surface area (Å²) in [6.45, 7) is 21.9. The van der Waals surface area contributed by atoms with E-state index < -0.39 is 82.9 Å². The van der Waals surface area contributed by atoms with Gasteiger partial charge in [0.05, 0.1) is 46.9 Å². The number of aliphatic hydroxyl groups excluding tert-OH is 1. The molecule has 0 spiro atoms. The molecule has 5 heterocycles. The number of carbonyl (C=O) groups is 3. The number of aromatic nitrogens is 3. The lowest BCUT2D eigenvalue weighted by atomic mass is 9.65. The number of cyclic esters (lactones) is 1. The van der Waals surface area contributed by atoms with Crippen molar-refractivity contribution in [2.24, 2.45) is 29.6 Å². The maximum absolute atomic E-state index is 14.8. The maximum atomic E-state index is 14.8. The number of nitrogens with zero attached hydrogens (tertiary/aromatic N) is 4. The summed E-state index contributed by atoms with van der Waals surface area (Å²) in [6.07, 6.45) is 5.14. The van der Waals surface area contributed by atoms with Crippen molar-refractivity contribution in [3.05, 3.63) is 37.1 Å². The lowest BCUT2D eigenvalue weighted by molar-refractivity contribution is -0.298. The number of hydrogen-bond acceptors (Lipinski definition) is 12. The molecule has 5 rings (SSSR count). The second-order valence-electron chi connectivity index (χ2n) is 18.3. The van der Waals surface area contributed by atoms with E-state index in [0.29, 0.717) is 32.4 Å². The first-order valence-electron chi connectivity index (χ1n) is 21.5. The molecule has 3 saturated heterocycles. The van der Waals surface area contributed by atoms with Gasteiger partial charge >= 0.3 is 12.1 Å². The van der Waals surface area contributed by atoms with E-state index in [1.165, 1.54) is 0 Å². The molecule has 0 aliphatic carbocycles. The molecule has 2 aromatic rings. The molecule has 59 heavy (non-hydrogen) atoms. The fourth-order valence-corrected chi connectivity index (χ4v) is 10.0. The Morgan fingerprint density at radius 2 is 1.63 bits per heavy atom. The van der Waals surface area contributed by atoms with Crippen LogP contribution in [0.4, 0.5) is 4.79 Å². The molecular formula is C45H70N4O10. The molecule has 0 saturated carbocycles.